The number of H-pyrrole nitrogens is 1. The molecule has 0 aliphatic rings. The molecule has 0 unspecified atom stereocenters. The topological polar surface area (TPSA) is 481 Å². The zero-order valence-corrected chi connectivity index (χ0v) is 44.1. The van der Waals surface area contributed by atoms with E-state index in [1.807, 2.05) is 6.07 Å². The van der Waals surface area contributed by atoms with Crippen LogP contribution in [-0.2, 0) is 56.0 Å². The van der Waals surface area contributed by atoms with Crippen molar-refractivity contribution >= 4 is 76.0 Å². The van der Waals surface area contributed by atoms with Gasteiger partial charge in [-0.15, -0.1) is 0 Å². The quantitative estimate of drug-likeness (QED) is 0.0155. The van der Waals surface area contributed by atoms with Crippen LogP contribution < -0.4 is 71.2 Å². The molecule has 0 saturated carbocycles. The molecule has 0 bridgehead atoms. The molecular weight excluding hydrogens is 1020 g/mol. The van der Waals surface area contributed by atoms with E-state index in [-0.39, 0.29) is 63.5 Å². The van der Waals surface area contributed by atoms with Crippen LogP contribution in [0.5, 0.6) is 0 Å². The Kier molecular flexibility index (Phi) is 26.4. The fraction of sp³-hybridized carbons (Fsp3) is 0.500. The highest BCUT2D eigenvalue weighted by Gasteiger charge is 2.36. The van der Waals surface area contributed by atoms with Crippen LogP contribution in [0.4, 0.5) is 0 Å². The maximum Gasteiger partial charge on any atom is 0.326 e. The first-order chi connectivity index (χ1) is 37.0. The van der Waals surface area contributed by atoms with Gasteiger partial charge in [-0.3, -0.25) is 48.3 Å². The number of aromatic amines is 1. The number of nitrogens with two attached hydrogens (primary N) is 5. The molecule has 28 heteroatoms. The highest BCUT2D eigenvalue weighted by molar-refractivity contribution is 5.98. The van der Waals surface area contributed by atoms with Crippen LogP contribution in [-0.4, -0.2) is 167 Å². The third kappa shape index (κ3) is 21.0. The first-order valence-electron chi connectivity index (χ1n) is 25.3. The van der Waals surface area contributed by atoms with Crippen molar-refractivity contribution in [3.63, 3.8) is 0 Å². The first kappa shape index (κ1) is 63.9. The summed E-state index contributed by atoms with van der Waals surface area (Å²) in [5.41, 5.74) is 29.1. The largest absolute Gasteiger partial charge is 0.480 e. The van der Waals surface area contributed by atoms with Crippen molar-refractivity contribution in [2.75, 3.05) is 32.8 Å². The molecule has 1 heterocycles. The Morgan fingerprint density at radius 2 is 0.949 bits per heavy atom. The van der Waals surface area contributed by atoms with Crippen LogP contribution in [0.2, 0.25) is 0 Å². The number of guanidine groups is 2. The number of hydrogen-bond donors (Lipinski definition) is 17. The number of aromatic nitrogens is 1. The van der Waals surface area contributed by atoms with Gasteiger partial charge >= 0.3 is 5.97 Å². The predicted molar refractivity (Wildman–Crippen MR) is 288 cm³/mol. The molecule has 8 amide bonds. The van der Waals surface area contributed by atoms with Crippen molar-refractivity contribution in [1.82, 2.24) is 47.5 Å². The van der Waals surface area contributed by atoms with Gasteiger partial charge in [0, 0.05) is 43.0 Å². The van der Waals surface area contributed by atoms with Crippen LogP contribution in [0, 0.1) is 11.8 Å². The van der Waals surface area contributed by atoms with Crippen LogP contribution in [0.1, 0.15) is 64.5 Å². The molecule has 3 rings (SSSR count). The number of hydrogen-bond acceptors (Lipinski definition) is 14. The lowest BCUT2D eigenvalue weighted by Gasteiger charge is -2.29. The fourth-order valence-corrected chi connectivity index (χ4v) is 7.88. The molecule has 0 aliphatic heterocycles. The minimum atomic E-state index is -1.75. The summed E-state index contributed by atoms with van der Waals surface area (Å²) in [6.45, 7) is 4.07. The number of carboxylic acids is 1. The van der Waals surface area contributed by atoms with Crippen LogP contribution in [0.25, 0.3) is 10.9 Å². The van der Waals surface area contributed by atoms with Gasteiger partial charge in [0.1, 0.15) is 48.3 Å². The van der Waals surface area contributed by atoms with Gasteiger partial charge in [-0.1, -0.05) is 76.2 Å². The van der Waals surface area contributed by atoms with E-state index in [1.165, 1.54) is 0 Å². The molecule has 8 atom stereocenters. The van der Waals surface area contributed by atoms with Crippen LogP contribution in [0.3, 0.4) is 0 Å². The van der Waals surface area contributed by atoms with Gasteiger partial charge in [-0.05, 0) is 54.7 Å². The third-order valence-corrected chi connectivity index (χ3v) is 12.1. The predicted octanol–water partition coefficient (Wildman–Crippen LogP) is -4.72. The van der Waals surface area contributed by atoms with Gasteiger partial charge < -0.3 is 91.5 Å². The minimum Gasteiger partial charge on any atom is -0.480 e. The smallest absolute Gasteiger partial charge is 0.326 e. The van der Waals surface area contributed by atoms with Crippen molar-refractivity contribution < 1.29 is 58.5 Å². The van der Waals surface area contributed by atoms with Crippen molar-refractivity contribution in [3.05, 3.63) is 71.9 Å². The standard InChI is InChI=1S/C50H76N16O12/c1-26(2)39(46(75)62-34(21-29-23-58-31-15-9-8-14-30(29)31)43(72)65-40(27(3)4)47(76)63-35(48(77)78)20-28-12-6-5-7-13-28)66-45(74)37(25-68)64-42(71)33(17-11-19-57-50(54)55)60-41(70)32(16-10-18-56-49(52)53)61-44(73)36(24-67)59-38(69)22-51/h5-9,12-15,23,26-27,32-37,39-40,58,67-68H,10-11,16-22,24-25,51H2,1-4H3,(H,59,69)(H,60,70)(H,61,73)(H,62,75)(H,63,76)(H,64,71)(H,65,72)(H,66,74)(H,77,78)(H4,52,53,56)(H4,54,55,57)/t32-,33-,34-,35-,36-,37-,39-,40-/m0/s1. The number of aliphatic carboxylic acids is 1. The molecule has 78 heavy (non-hydrogen) atoms. The lowest BCUT2D eigenvalue weighted by atomic mass is 9.98. The molecule has 0 radical (unpaired) electrons. The van der Waals surface area contributed by atoms with E-state index in [0.717, 1.165) is 10.9 Å². The number of amides is 8. The summed E-state index contributed by atoms with van der Waals surface area (Å²) >= 11 is 0. The van der Waals surface area contributed by atoms with Gasteiger partial charge in [0.05, 0.1) is 19.8 Å². The number of carbonyl (C=O) groups excluding carboxylic acids is 8. The molecular formula is C50H76N16O12. The van der Waals surface area contributed by atoms with Crippen molar-refractivity contribution in [2.24, 2.45) is 50.5 Å². The number of nitrogens with one attached hydrogen (secondary N) is 9. The number of carboxylic acid groups (broad SMARTS) is 1. The molecule has 1 aromatic heterocycles. The molecule has 0 fully saturated rings. The average molecular weight is 1090 g/mol. The van der Waals surface area contributed by atoms with E-state index in [4.69, 9.17) is 28.7 Å². The lowest BCUT2D eigenvalue weighted by Crippen LogP contribution is -2.62. The summed E-state index contributed by atoms with van der Waals surface area (Å²) < 4.78 is 0. The number of rotatable bonds is 33. The van der Waals surface area contributed by atoms with E-state index in [0.29, 0.717) is 11.1 Å². The number of para-hydroxylation sites is 1. The maximum atomic E-state index is 14.4. The van der Waals surface area contributed by atoms with Crippen molar-refractivity contribution in [3.8, 4) is 0 Å². The number of aliphatic hydroxyl groups is 2. The molecule has 0 aliphatic carbocycles. The fourth-order valence-electron chi connectivity index (χ4n) is 7.88. The van der Waals surface area contributed by atoms with Crippen LogP contribution >= 0.6 is 0 Å². The zero-order valence-electron chi connectivity index (χ0n) is 44.1. The van der Waals surface area contributed by atoms with E-state index >= 15 is 0 Å². The molecule has 28 nitrogen and oxygen atoms in total. The average Bonchev–Trinajstić information content (AvgIpc) is 3.80. The summed E-state index contributed by atoms with van der Waals surface area (Å²) in [5.74, 6) is -10.3. The summed E-state index contributed by atoms with van der Waals surface area (Å²) in [6.07, 6.45) is 1.38. The molecule has 2 aromatic carbocycles. The Labute approximate surface area is 450 Å². The zero-order chi connectivity index (χ0) is 58.1. The number of nitrogens with zero attached hydrogens (tertiary/aromatic N) is 2. The Bertz CT molecular complexity index is 2570. The first-order valence-corrected chi connectivity index (χ1v) is 25.3. The van der Waals surface area contributed by atoms with Crippen molar-refractivity contribution in [1.29, 1.82) is 0 Å². The number of carbonyl (C=O) groups is 9. The summed E-state index contributed by atoms with van der Waals surface area (Å²) in [5, 5.41) is 51.1. The second-order valence-electron chi connectivity index (χ2n) is 18.9. The second-order valence-corrected chi connectivity index (χ2v) is 18.9. The Hall–Kier alpha value is -8.37. The molecule has 3 aromatic rings. The summed E-state index contributed by atoms with van der Waals surface area (Å²) in [6, 6.07) is 4.22. The van der Waals surface area contributed by atoms with Crippen molar-refractivity contribution in [2.45, 2.75) is 115 Å². The van der Waals surface area contributed by atoms with E-state index in [9.17, 15) is 58.5 Å². The third-order valence-electron chi connectivity index (χ3n) is 12.1. The number of benzene rings is 2. The molecule has 428 valence electrons. The second kappa shape index (κ2) is 32.3. The lowest BCUT2D eigenvalue weighted by molar-refractivity contribution is -0.142. The van der Waals surface area contributed by atoms with Gasteiger partial charge in [-0.2, -0.15) is 0 Å². The highest BCUT2D eigenvalue weighted by atomic mass is 16.4. The highest BCUT2D eigenvalue weighted by Crippen LogP contribution is 2.20. The Morgan fingerprint density at radius 3 is 1.42 bits per heavy atom. The van der Waals surface area contributed by atoms with Crippen LogP contribution in [0.15, 0.2) is 70.8 Å². The Balaban J connectivity index is 1.90. The SMILES string of the molecule is CC(C)[C@H](NC(=O)[C@H](Cc1c[nH]c2ccccc12)NC(=O)[C@@H](NC(=O)[C@H](CO)NC(=O)[C@H](CCCN=C(N)N)NC(=O)[C@H](CCCN=C(N)N)NC(=O)[C@H](CO)NC(=O)CN)C(C)C)C(=O)N[C@@H](Cc1ccccc1)C(=O)O. The number of fused-ring (bicyclic) bond motifs is 1. The normalized spacial score (nSPS) is 14.2. The number of aliphatic imine (C=N–C) groups is 2. The van der Waals surface area contributed by atoms with E-state index < -0.39 is 133 Å². The van der Waals surface area contributed by atoms with Gasteiger partial charge in [0.2, 0.25) is 47.3 Å². The summed E-state index contributed by atoms with van der Waals surface area (Å²) in [7, 11) is 0. The van der Waals surface area contributed by atoms with Gasteiger partial charge in [0.25, 0.3) is 0 Å². The van der Waals surface area contributed by atoms with Gasteiger partial charge in [-0.25, -0.2) is 4.79 Å². The Morgan fingerprint density at radius 1 is 0.526 bits per heavy atom. The summed E-state index contributed by atoms with van der Waals surface area (Å²) in [4.78, 5) is 133. The molecule has 0 saturated heterocycles. The monoisotopic (exact) mass is 1090 g/mol. The van der Waals surface area contributed by atoms with E-state index in [1.54, 1.807) is 82.4 Å². The van der Waals surface area contributed by atoms with E-state index in [2.05, 4.69) is 57.5 Å². The minimum absolute atomic E-state index is 0.0145. The number of aliphatic hydroxyl groups excluding tert-OH is 2. The molecule has 0 spiro atoms. The maximum absolute atomic E-state index is 14.4. The molecule has 22 N–H and O–H groups in total. The van der Waals surface area contributed by atoms with Gasteiger partial charge in [0.15, 0.2) is 11.9 Å².